The van der Waals surface area contributed by atoms with Crippen molar-refractivity contribution in [3.8, 4) is 11.1 Å². The minimum Gasteiger partial charge on any atom is -0.393 e. The molecule has 2 saturated carbocycles. The second kappa shape index (κ2) is 10.5. The van der Waals surface area contributed by atoms with Crippen LogP contribution in [0.15, 0.2) is 36.7 Å². The third-order valence-corrected chi connectivity index (χ3v) is 8.67. The van der Waals surface area contributed by atoms with Gasteiger partial charge in [-0.3, -0.25) is 4.90 Å². The highest BCUT2D eigenvalue weighted by Gasteiger charge is 2.25. The number of aliphatic hydroxyl groups is 1. The van der Waals surface area contributed by atoms with Crippen LogP contribution in [-0.2, 0) is 6.54 Å². The molecule has 0 bridgehead atoms. The van der Waals surface area contributed by atoms with Crippen molar-refractivity contribution in [1.82, 2.24) is 24.3 Å². The van der Waals surface area contributed by atoms with Crippen molar-refractivity contribution in [1.29, 1.82) is 0 Å². The summed E-state index contributed by atoms with van der Waals surface area (Å²) in [4.78, 5) is 14.7. The van der Waals surface area contributed by atoms with Gasteiger partial charge in [0.1, 0.15) is 5.65 Å². The molecule has 6 rings (SSSR count). The second-order valence-electron chi connectivity index (χ2n) is 11.3. The zero-order valence-corrected chi connectivity index (χ0v) is 21.6. The molecule has 2 aromatic heterocycles. The zero-order chi connectivity index (χ0) is 24.5. The number of hydrogen-bond acceptors (Lipinski definition) is 6. The molecular weight excluding hydrogens is 448 g/mol. The van der Waals surface area contributed by atoms with Crippen LogP contribution < -0.4 is 5.32 Å². The normalized spacial score (nSPS) is 24.2. The number of nitrogens with one attached hydrogen (secondary N) is 1. The number of fused-ring (bicyclic) bond motifs is 1. The molecule has 3 aliphatic rings. The van der Waals surface area contributed by atoms with E-state index in [0.29, 0.717) is 6.04 Å². The highest BCUT2D eigenvalue weighted by atomic mass is 16.3. The molecule has 0 amide bonds. The fourth-order valence-corrected chi connectivity index (χ4v) is 5.95. The lowest BCUT2D eigenvalue weighted by Gasteiger charge is -2.32. The number of aliphatic hydroxyl groups excluding tert-OH is 1. The van der Waals surface area contributed by atoms with Crippen LogP contribution in [0.4, 0.5) is 5.95 Å². The van der Waals surface area contributed by atoms with Gasteiger partial charge in [-0.05, 0) is 62.6 Å². The molecule has 3 aromatic rings. The van der Waals surface area contributed by atoms with Crippen LogP contribution in [0.2, 0.25) is 0 Å². The summed E-state index contributed by atoms with van der Waals surface area (Å²) in [6, 6.07) is 9.46. The fourth-order valence-electron chi connectivity index (χ4n) is 5.95. The van der Waals surface area contributed by atoms with E-state index >= 15 is 0 Å². The molecule has 0 atom stereocenters. The highest BCUT2D eigenvalue weighted by Crippen LogP contribution is 2.37. The Morgan fingerprint density at radius 1 is 0.972 bits per heavy atom. The van der Waals surface area contributed by atoms with E-state index in [4.69, 9.17) is 9.97 Å². The minimum absolute atomic E-state index is 0.162. The number of nitrogens with zero attached hydrogens (tertiary/aromatic N) is 5. The average Bonchev–Trinajstić information content (AvgIpc) is 3.24. The molecule has 2 aliphatic carbocycles. The molecule has 0 spiro atoms. The first-order valence-corrected chi connectivity index (χ1v) is 13.9. The van der Waals surface area contributed by atoms with Crippen molar-refractivity contribution in [3.63, 3.8) is 0 Å². The number of hydrogen-bond donors (Lipinski definition) is 2. The maximum atomic E-state index is 10.1. The van der Waals surface area contributed by atoms with Crippen LogP contribution in [0.25, 0.3) is 22.2 Å². The van der Waals surface area contributed by atoms with Crippen LogP contribution in [0.3, 0.4) is 0 Å². The van der Waals surface area contributed by atoms with E-state index in [9.17, 15) is 5.11 Å². The summed E-state index contributed by atoms with van der Waals surface area (Å²) in [6.45, 7) is 6.54. The molecule has 0 radical (unpaired) electrons. The van der Waals surface area contributed by atoms with Gasteiger partial charge in [0.05, 0.1) is 6.10 Å². The lowest BCUT2D eigenvalue weighted by molar-refractivity contribution is 0.111. The minimum atomic E-state index is -0.162. The van der Waals surface area contributed by atoms with E-state index in [0.717, 1.165) is 87.9 Å². The maximum absolute atomic E-state index is 10.1. The molecule has 7 heteroatoms. The molecule has 3 fully saturated rings. The van der Waals surface area contributed by atoms with E-state index < -0.39 is 0 Å². The number of piperazine rings is 1. The third-order valence-electron chi connectivity index (χ3n) is 8.67. The van der Waals surface area contributed by atoms with Gasteiger partial charge in [-0.25, -0.2) is 4.98 Å². The first-order valence-electron chi connectivity index (χ1n) is 13.9. The van der Waals surface area contributed by atoms with Crippen LogP contribution >= 0.6 is 0 Å². The summed E-state index contributed by atoms with van der Waals surface area (Å²) in [6.07, 6.45) is 11.8. The van der Waals surface area contributed by atoms with Crippen molar-refractivity contribution < 1.29 is 5.11 Å². The summed E-state index contributed by atoms with van der Waals surface area (Å²) < 4.78 is 2.37. The quantitative estimate of drug-likeness (QED) is 0.509. The zero-order valence-electron chi connectivity index (χ0n) is 21.6. The van der Waals surface area contributed by atoms with Gasteiger partial charge >= 0.3 is 0 Å². The van der Waals surface area contributed by atoms with Gasteiger partial charge in [0, 0.05) is 68.7 Å². The van der Waals surface area contributed by atoms with Crippen molar-refractivity contribution in [2.75, 3.05) is 45.1 Å². The fraction of sp³-hybridized carbons (Fsp3) is 0.586. The Hall–Kier alpha value is -2.48. The molecule has 0 unspecified atom stereocenters. The van der Waals surface area contributed by atoms with E-state index in [1.165, 1.54) is 36.0 Å². The van der Waals surface area contributed by atoms with Crippen molar-refractivity contribution >= 4 is 17.0 Å². The van der Waals surface area contributed by atoms with Gasteiger partial charge in [0.2, 0.25) is 5.95 Å². The van der Waals surface area contributed by atoms with E-state index in [1.54, 1.807) is 0 Å². The summed E-state index contributed by atoms with van der Waals surface area (Å²) in [5.41, 5.74) is 4.80. The average molecular weight is 489 g/mol. The Morgan fingerprint density at radius 3 is 2.42 bits per heavy atom. The summed E-state index contributed by atoms with van der Waals surface area (Å²) >= 11 is 0. The van der Waals surface area contributed by atoms with E-state index in [2.05, 4.69) is 57.2 Å². The number of rotatable bonds is 7. The monoisotopic (exact) mass is 488 g/mol. The Balaban J connectivity index is 1.26. The van der Waals surface area contributed by atoms with Crippen molar-refractivity contribution in [2.45, 2.75) is 63.6 Å². The maximum Gasteiger partial charge on any atom is 0.224 e. The largest absolute Gasteiger partial charge is 0.393 e. The molecule has 7 nitrogen and oxygen atoms in total. The smallest absolute Gasteiger partial charge is 0.224 e. The topological polar surface area (TPSA) is 69.5 Å². The Labute approximate surface area is 214 Å². The molecule has 2 N–H and O–H groups in total. The van der Waals surface area contributed by atoms with Crippen LogP contribution in [-0.4, -0.2) is 75.3 Å². The summed E-state index contributed by atoms with van der Waals surface area (Å²) in [5.74, 6) is 1.49. The lowest BCUT2D eigenvalue weighted by Crippen LogP contribution is -2.43. The SMILES string of the molecule is CN1CCN(Cc2ccc(-c3cn([C@H]4CC[C@H](O)CC4)c4nc(NCC5CCC5)ncc34)cc2)CC1. The third kappa shape index (κ3) is 5.15. The van der Waals surface area contributed by atoms with Crippen LogP contribution in [0.1, 0.15) is 56.6 Å². The lowest BCUT2D eigenvalue weighted by atomic mass is 9.85. The first-order chi connectivity index (χ1) is 17.6. The molecule has 36 heavy (non-hydrogen) atoms. The van der Waals surface area contributed by atoms with Gasteiger partial charge in [-0.2, -0.15) is 4.98 Å². The second-order valence-corrected chi connectivity index (χ2v) is 11.3. The van der Waals surface area contributed by atoms with E-state index in [-0.39, 0.29) is 6.10 Å². The van der Waals surface area contributed by atoms with Gasteiger partial charge in [-0.15, -0.1) is 0 Å². The number of benzene rings is 1. The van der Waals surface area contributed by atoms with E-state index in [1.807, 2.05) is 6.20 Å². The first kappa shape index (κ1) is 23.9. The van der Waals surface area contributed by atoms with Gasteiger partial charge < -0.3 is 19.9 Å². The van der Waals surface area contributed by atoms with Crippen molar-refractivity contribution in [3.05, 3.63) is 42.2 Å². The highest BCUT2D eigenvalue weighted by molar-refractivity contribution is 5.94. The molecule has 192 valence electrons. The molecule has 3 heterocycles. The van der Waals surface area contributed by atoms with Crippen molar-refractivity contribution in [2.24, 2.45) is 5.92 Å². The van der Waals surface area contributed by atoms with Crippen LogP contribution in [0, 0.1) is 5.92 Å². The number of aromatic nitrogens is 3. The Kier molecular flexibility index (Phi) is 6.96. The molecule has 1 saturated heterocycles. The number of likely N-dealkylation sites (N-methyl/N-ethyl adjacent to an activating group) is 1. The molecule has 1 aromatic carbocycles. The summed E-state index contributed by atoms with van der Waals surface area (Å²) in [5, 5.41) is 14.7. The van der Waals surface area contributed by atoms with Gasteiger partial charge in [0.15, 0.2) is 0 Å². The number of anilines is 1. The molecular formula is C29H40N6O. The Morgan fingerprint density at radius 2 is 1.72 bits per heavy atom. The Bertz CT molecular complexity index is 1150. The molecule has 1 aliphatic heterocycles. The predicted molar refractivity (Wildman–Crippen MR) is 145 cm³/mol. The predicted octanol–water partition coefficient (Wildman–Crippen LogP) is 4.53. The summed E-state index contributed by atoms with van der Waals surface area (Å²) in [7, 11) is 2.20. The van der Waals surface area contributed by atoms with Gasteiger partial charge in [-0.1, -0.05) is 30.7 Å². The van der Waals surface area contributed by atoms with Crippen LogP contribution in [0.5, 0.6) is 0 Å². The van der Waals surface area contributed by atoms with Gasteiger partial charge in [0.25, 0.3) is 0 Å². The standard InChI is InChI=1S/C29H40N6O/c1-33-13-15-34(16-14-33)19-22-5-7-23(8-6-22)27-20-35(24-9-11-25(36)12-10-24)28-26(27)18-31-29(32-28)30-17-21-3-2-4-21/h5-8,18,20-21,24-25,36H,2-4,9-17,19H2,1H3,(H,30,31,32)/t24-,25-.